The van der Waals surface area contributed by atoms with Gasteiger partial charge >= 0.3 is 42.2 Å². The molecule has 0 nitrogen and oxygen atoms in total. The molecule has 0 unspecified atom stereocenters. The Labute approximate surface area is 84.4 Å². The molecule has 1 fully saturated rings. The van der Waals surface area contributed by atoms with Gasteiger partial charge in [0, 0.05) is 0 Å². The molecule has 2 aliphatic carbocycles. The summed E-state index contributed by atoms with van der Waals surface area (Å²) in [4.78, 5) is 0. The van der Waals surface area contributed by atoms with Gasteiger partial charge in [-0.2, -0.15) is 0 Å². The van der Waals surface area contributed by atoms with Crippen LogP contribution in [0.15, 0.2) is 23.3 Å². The summed E-state index contributed by atoms with van der Waals surface area (Å²) >= 11 is -1.92. The molecule has 0 N–H and O–H groups in total. The molecule has 66 valence electrons. The Morgan fingerprint density at radius 1 is 1.00 bits per heavy atom. The van der Waals surface area contributed by atoms with E-state index in [1.165, 1.54) is 19.3 Å². The Morgan fingerprint density at radius 2 is 1.36 bits per heavy atom. The van der Waals surface area contributed by atoms with Crippen molar-refractivity contribution in [3.63, 3.8) is 0 Å². The topological polar surface area (TPSA) is 0 Å². The fourth-order valence-corrected chi connectivity index (χ4v) is 1.31. The summed E-state index contributed by atoms with van der Waals surface area (Å²) in [6.45, 7) is 0. The maximum atomic E-state index is 4.97. The van der Waals surface area contributed by atoms with Crippen LogP contribution in [-0.4, -0.2) is 0 Å². The van der Waals surface area contributed by atoms with Gasteiger partial charge in [0.2, 0.25) is 0 Å². The number of halogens is 3. The standard InChI is InChI=1S/C7H8.3ClH.Ir/c1-2-7-4-3-6(1)5-7;;;;/h1-2H,3-5H2;3*1H;/q;;;;+3/p-3. The van der Waals surface area contributed by atoms with E-state index in [4.69, 9.17) is 28.8 Å². The molecule has 0 amide bonds. The molecule has 2 rings (SSSR count). The number of hydrogen-bond acceptors (Lipinski definition) is 0. The minimum absolute atomic E-state index is 1.31. The van der Waals surface area contributed by atoms with Gasteiger partial charge in [-0.05, 0) is 19.3 Å². The molecule has 0 aromatic heterocycles. The van der Waals surface area contributed by atoms with Crippen LogP contribution in [0.5, 0.6) is 0 Å². The molecule has 2 aliphatic rings. The number of fused-ring (bicyclic) bond motifs is 2. The first-order valence-electron chi connectivity index (χ1n) is 3.20. The van der Waals surface area contributed by atoms with Crippen molar-refractivity contribution in [3.05, 3.63) is 23.3 Å². The van der Waals surface area contributed by atoms with E-state index in [-0.39, 0.29) is 0 Å². The molecule has 0 atom stereocenters. The van der Waals surface area contributed by atoms with Gasteiger partial charge in [0.05, 0.1) is 0 Å². The van der Waals surface area contributed by atoms with Crippen LogP contribution in [0.3, 0.4) is 0 Å². The molecule has 1 saturated carbocycles. The Hall–Kier alpha value is 0.999. The fraction of sp³-hybridized carbons (Fsp3) is 0.429. The summed E-state index contributed by atoms with van der Waals surface area (Å²) < 4.78 is 0. The van der Waals surface area contributed by atoms with Crippen LogP contribution in [-0.2, 0) is 13.5 Å². The Kier molecular flexibility index (Phi) is 4.48. The van der Waals surface area contributed by atoms with E-state index in [2.05, 4.69) is 12.2 Å². The van der Waals surface area contributed by atoms with Crippen LogP contribution in [0, 0.1) is 0 Å². The van der Waals surface area contributed by atoms with E-state index < -0.39 is 13.5 Å². The van der Waals surface area contributed by atoms with Gasteiger partial charge in [0.25, 0.3) is 0 Å². The van der Waals surface area contributed by atoms with Crippen molar-refractivity contribution < 1.29 is 13.5 Å². The molecule has 0 saturated heterocycles. The van der Waals surface area contributed by atoms with E-state index in [0.717, 1.165) is 0 Å². The van der Waals surface area contributed by atoms with Crippen LogP contribution in [0.1, 0.15) is 19.3 Å². The van der Waals surface area contributed by atoms with E-state index in [1.807, 2.05) is 0 Å². The summed E-state index contributed by atoms with van der Waals surface area (Å²) in [5, 5.41) is 0. The first-order valence-corrected chi connectivity index (χ1v) is 12.1. The second kappa shape index (κ2) is 4.89. The second-order valence-corrected chi connectivity index (χ2v) is 12.9. The molecule has 4 heteroatoms. The molecule has 0 radical (unpaired) electrons. The van der Waals surface area contributed by atoms with Crippen molar-refractivity contribution in [3.8, 4) is 0 Å². The molecule has 2 bridgehead atoms. The minimum atomic E-state index is -1.92. The van der Waals surface area contributed by atoms with Crippen molar-refractivity contribution in [1.29, 1.82) is 0 Å². The fourth-order valence-electron chi connectivity index (χ4n) is 1.31. The van der Waals surface area contributed by atoms with E-state index in [0.29, 0.717) is 0 Å². The number of allylic oxidation sites excluding steroid dienone is 4. The quantitative estimate of drug-likeness (QED) is 0.584. The van der Waals surface area contributed by atoms with E-state index in [1.54, 1.807) is 11.1 Å². The average molecular weight is 391 g/mol. The van der Waals surface area contributed by atoms with Crippen LogP contribution in [0.2, 0.25) is 0 Å². The van der Waals surface area contributed by atoms with Gasteiger partial charge in [-0.15, -0.1) is 0 Å². The summed E-state index contributed by atoms with van der Waals surface area (Å²) in [6, 6.07) is 0. The summed E-state index contributed by atoms with van der Waals surface area (Å²) in [6.07, 6.45) is 8.54. The third-order valence-electron chi connectivity index (χ3n) is 1.78. The zero-order chi connectivity index (χ0) is 8.27. The van der Waals surface area contributed by atoms with Gasteiger partial charge in [0.1, 0.15) is 0 Å². The van der Waals surface area contributed by atoms with Crippen molar-refractivity contribution in [2.24, 2.45) is 0 Å². The monoisotopic (exact) mass is 390 g/mol. The van der Waals surface area contributed by atoms with Gasteiger partial charge in [0.15, 0.2) is 0 Å². The summed E-state index contributed by atoms with van der Waals surface area (Å²) in [7, 11) is 14.9. The first kappa shape index (κ1) is 10.1. The third kappa shape index (κ3) is 3.96. The molecular formula is C7H8Cl3Ir. The van der Waals surface area contributed by atoms with Gasteiger partial charge < -0.3 is 0 Å². The first-order chi connectivity index (χ1) is 5.18. The SMILES string of the molecule is C1=C2CCC(=C1)C2.[Cl][Ir]([Cl])[Cl]. The van der Waals surface area contributed by atoms with Crippen LogP contribution in [0.25, 0.3) is 0 Å². The van der Waals surface area contributed by atoms with Crippen molar-refractivity contribution in [1.82, 2.24) is 0 Å². The van der Waals surface area contributed by atoms with Gasteiger partial charge in [-0.25, -0.2) is 0 Å². The molecule has 0 aliphatic heterocycles. The van der Waals surface area contributed by atoms with Gasteiger partial charge in [-0.3, -0.25) is 0 Å². The predicted octanol–water partition coefficient (Wildman–Crippen LogP) is 4.10. The Morgan fingerprint density at radius 3 is 1.45 bits per heavy atom. The number of rotatable bonds is 0. The average Bonchev–Trinajstić information content (AvgIpc) is 2.45. The van der Waals surface area contributed by atoms with Crippen molar-refractivity contribution in [2.75, 3.05) is 0 Å². The molecule has 0 aromatic rings. The van der Waals surface area contributed by atoms with E-state index in [9.17, 15) is 0 Å². The molecular weight excluding hydrogens is 383 g/mol. The number of hydrogen-bond donors (Lipinski definition) is 0. The van der Waals surface area contributed by atoms with Gasteiger partial charge in [-0.1, -0.05) is 23.3 Å². The normalized spacial score (nSPS) is 20.1. The third-order valence-corrected chi connectivity index (χ3v) is 1.78. The molecule has 0 aromatic carbocycles. The predicted molar refractivity (Wildman–Crippen MR) is 47.6 cm³/mol. The maximum absolute atomic E-state index is 4.97. The summed E-state index contributed by atoms with van der Waals surface area (Å²) in [5.74, 6) is 0. The molecule has 0 heterocycles. The zero-order valence-corrected chi connectivity index (χ0v) is 10.4. The van der Waals surface area contributed by atoms with Crippen LogP contribution in [0.4, 0.5) is 0 Å². The molecule has 11 heavy (non-hydrogen) atoms. The second-order valence-electron chi connectivity index (χ2n) is 2.47. The Balaban J connectivity index is 0.000000134. The van der Waals surface area contributed by atoms with Crippen LogP contribution >= 0.6 is 28.8 Å². The summed E-state index contributed by atoms with van der Waals surface area (Å²) in [5.41, 5.74) is 3.30. The van der Waals surface area contributed by atoms with Crippen molar-refractivity contribution >= 4 is 28.8 Å². The van der Waals surface area contributed by atoms with Crippen LogP contribution < -0.4 is 0 Å². The zero-order valence-electron chi connectivity index (χ0n) is 5.74. The Bertz CT molecular complexity index is 175. The molecule has 0 spiro atoms. The van der Waals surface area contributed by atoms with E-state index >= 15 is 0 Å². The van der Waals surface area contributed by atoms with Crippen molar-refractivity contribution in [2.45, 2.75) is 19.3 Å².